The first-order valence-corrected chi connectivity index (χ1v) is 6.96. The number of rotatable bonds is 4. The molecule has 0 aromatic carbocycles. The lowest BCUT2D eigenvalue weighted by Crippen LogP contribution is -2.36. The second-order valence-corrected chi connectivity index (χ2v) is 6.24. The minimum atomic E-state index is -4.52. The Morgan fingerprint density at radius 3 is 2.38 bits per heavy atom. The first-order chi connectivity index (χ1) is 9.52. The molecule has 2 amide bonds. The molecule has 1 heterocycles. The summed E-state index contributed by atoms with van der Waals surface area (Å²) in [7, 11) is -0.979. The van der Waals surface area contributed by atoms with Crippen molar-refractivity contribution in [1.29, 1.82) is 0 Å². The van der Waals surface area contributed by atoms with Gasteiger partial charge in [0.15, 0.2) is 0 Å². The molecule has 21 heavy (non-hydrogen) atoms. The summed E-state index contributed by atoms with van der Waals surface area (Å²) in [5.74, 6) is -0.0765. The van der Waals surface area contributed by atoms with E-state index in [1.54, 1.807) is 5.32 Å². The van der Waals surface area contributed by atoms with Gasteiger partial charge in [-0.2, -0.15) is 13.2 Å². The van der Waals surface area contributed by atoms with E-state index in [0.717, 1.165) is 10.5 Å². The molecular weight excluding hydrogens is 313 g/mol. The topological polar surface area (TPSA) is 91.4 Å². The molecule has 1 aromatic rings. The number of hydrogen-bond donors (Lipinski definition) is 2. The van der Waals surface area contributed by atoms with Gasteiger partial charge in [-0.15, -0.1) is 0 Å². The first-order valence-electron chi connectivity index (χ1n) is 5.52. The molecule has 0 saturated carbocycles. The summed E-state index contributed by atoms with van der Waals surface area (Å²) in [6.07, 6.45) is -3.52. The van der Waals surface area contributed by atoms with Crippen molar-refractivity contribution >= 4 is 21.9 Å². The van der Waals surface area contributed by atoms with Crippen molar-refractivity contribution in [3.05, 3.63) is 18.3 Å². The Labute approximate surface area is 119 Å². The SMILES string of the molecule is CN(C)S(=O)(=O)c1ccc(NC(=O)NCC(F)(F)F)nc1. The van der Waals surface area contributed by atoms with E-state index in [1.165, 1.54) is 26.2 Å². The minimum Gasteiger partial charge on any atom is -0.329 e. The highest BCUT2D eigenvalue weighted by Gasteiger charge is 2.27. The van der Waals surface area contributed by atoms with Crippen LogP contribution in [0.2, 0.25) is 0 Å². The van der Waals surface area contributed by atoms with Gasteiger partial charge in [-0.3, -0.25) is 5.32 Å². The number of aromatic nitrogens is 1. The largest absolute Gasteiger partial charge is 0.405 e. The third kappa shape index (κ3) is 5.19. The monoisotopic (exact) mass is 326 g/mol. The van der Waals surface area contributed by atoms with Crippen molar-refractivity contribution in [2.24, 2.45) is 0 Å². The molecule has 2 N–H and O–H groups in total. The summed E-state index contributed by atoms with van der Waals surface area (Å²) in [5, 5.41) is 3.65. The van der Waals surface area contributed by atoms with Crippen LogP contribution in [0.25, 0.3) is 0 Å². The van der Waals surface area contributed by atoms with Crippen LogP contribution in [0.3, 0.4) is 0 Å². The lowest BCUT2D eigenvalue weighted by molar-refractivity contribution is -0.122. The molecule has 0 radical (unpaired) electrons. The predicted octanol–water partition coefficient (Wildman–Crippen LogP) is 1.02. The van der Waals surface area contributed by atoms with E-state index in [1.807, 2.05) is 0 Å². The highest BCUT2D eigenvalue weighted by Crippen LogP contribution is 2.14. The number of halogens is 3. The van der Waals surface area contributed by atoms with Crippen LogP contribution in [-0.4, -0.2) is 50.6 Å². The number of hydrogen-bond acceptors (Lipinski definition) is 4. The molecule has 0 fully saturated rings. The number of urea groups is 1. The van der Waals surface area contributed by atoms with Crippen molar-refractivity contribution in [1.82, 2.24) is 14.6 Å². The highest BCUT2D eigenvalue weighted by atomic mass is 32.2. The fourth-order valence-corrected chi connectivity index (χ4v) is 2.01. The average molecular weight is 326 g/mol. The standard InChI is InChI=1S/C10H13F3N4O3S/c1-17(2)21(19,20)7-3-4-8(14-5-7)16-9(18)15-6-10(11,12)13/h3-5H,6H2,1-2H3,(H2,14,15,16,18). The van der Waals surface area contributed by atoms with Crippen LogP contribution in [0.5, 0.6) is 0 Å². The van der Waals surface area contributed by atoms with E-state index < -0.39 is 28.8 Å². The Kier molecular flexibility index (Phi) is 5.12. The number of amides is 2. The Morgan fingerprint density at radius 1 is 1.33 bits per heavy atom. The summed E-state index contributed by atoms with van der Waals surface area (Å²) in [4.78, 5) is 14.7. The average Bonchev–Trinajstić information content (AvgIpc) is 2.36. The molecule has 0 aliphatic carbocycles. The molecule has 1 aromatic heterocycles. The molecule has 0 aliphatic rings. The highest BCUT2D eigenvalue weighted by molar-refractivity contribution is 7.89. The van der Waals surface area contributed by atoms with Crippen LogP contribution in [0.4, 0.5) is 23.8 Å². The molecular formula is C10H13F3N4O3S. The summed E-state index contributed by atoms with van der Waals surface area (Å²) in [6.45, 7) is -1.48. The Morgan fingerprint density at radius 2 is 1.95 bits per heavy atom. The molecule has 0 saturated heterocycles. The van der Waals surface area contributed by atoms with Crippen LogP contribution in [-0.2, 0) is 10.0 Å². The van der Waals surface area contributed by atoms with E-state index >= 15 is 0 Å². The zero-order chi connectivity index (χ0) is 16.3. The van der Waals surface area contributed by atoms with Gasteiger partial charge in [0, 0.05) is 20.3 Å². The Bertz CT molecular complexity index is 599. The fraction of sp³-hybridized carbons (Fsp3) is 0.400. The summed E-state index contributed by atoms with van der Waals surface area (Å²) in [5.41, 5.74) is 0. The summed E-state index contributed by atoms with van der Waals surface area (Å²) < 4.78 is 60.1. The zero-order valence-corrected chi connectivity index (χ0v) is 11.9. The second kappa shape index (κ2) is 6.26. The van der Waals surface area contributed by atoms with Crippen LogP contribution in [0.15, 0.2) is 23.2 Å². The maximum atomic E-state index is 11.9. The van der Waals surface area contributed by atoms with Crippen LogP contribution in [0, 0.1) is 0 Å². The van der Waals surface area contributed by atoms with E-state index in [9.17, 15) is 26.4 Å². The molecule has 0 bridgehead atoms. The number of alkyl halides is 3. The number of nitrogens with one attached hydrogen (secondary N) is 2. The molecule has 11 heteroatoms. The molecule has 118 valence electrons. The van der Waals surface area contributed by atoms with E-state index in [4.69, 9.17) is 0 Å². The van der Waals surface area contributed by atoms with Gasteiger partial charge in [0.25, 0.3) is 0 Å². The van der Waals surface area contributed by atoms with Gasteiger partial charge in [-0.25, -0.2) is 22.5 Å². The van der Waals surface area contributed by atoms with Gasteiger partial charge >= 0.3 is 12.2 Å². The number of carbonyl (C=O) groups is 1. The Balaban J connectivity index is 2.70. The number of anilines is 1. The summed E-state index contributed by atoms with van der Waals surface area (Å²) >= 11 is 0. The predicted molar refractivity (Wildman–Crippen MR) is 68.2 cm³/mol. The van der Waals surface area contributed by atoms with Gasteiger partial charge < -0.3 is 5.32 Å². The maximum Gasteiger partial charge on any atom is 0.405 e. The third-order valence-electron chi connectivity index (χ3n) is 2.21. The maximum absolute atomic E-state index is 11.9. The van der Waals surface area contributed by atoms with Crippen molar-refractivity contribution in [2.45, 2.75) is 11.1 Å². The molecule has 0 atom stereocenters. The van der Waals surface area contributed by atoms with Gasteiger partial charge in [0.2, 0.25) is 10.0 Å². The first kappa shape index (κ1) is 17.2. The minimum absolute atomic E-state index is 0.0765. The van der Waals surface area contributed by atoms with Crippen LogP contribution in [0.1, 0.15) is 0 Å². The van der Waals surface area contributed by atoms with Crippen molar-refractivity contribution in [2.75, 3.05) is 26.0 Å². The zero-order valence-electron chi connectivity index (χ0n) is 11.1. The number of sulfonamides is 1. The fourth-order valence-electron chi connectivity index (χ4n) is 1.16. The van der Waals surface area contributed by atoms with Crippen molar-refractivity contribution in [3.8, 4) is 0 Å². The third-order valence-corrected chi connectivity index (χ3v) is 4.00. The summed E-state index contributed by atoms with van der Waals surface area (Å²) in [6, 6.07) is 1.26. The Hall–Kier alpha value is -1.88. The smallest absolute Gasteiger partial charge is 0.329 e. The molecule has 0 unspecified atom stereocenters. The second-order valence-electron chi connectivity index (χ2n) is 4.09. The molecule has 1 rings (SSSR count). The number of carbonyl (C=O) groups excluding carboxylic acids is 1. The molecule has 7 nitrogen and oxygen atoms in total. The molecule has 0 spiro atoms. The van der Waals surface area contributed by atoms with Crippen LogP contribution < -0.4 is 10.6 Å². The van der Waals surface area contributed by atoms with Crippen molar-refractivity contribution < 1.29 is 26.4 Å². The van der Waals surface area contributed by atoms with Crippen LogP contribution >= 0.6 is 0 Å². The van der Waals surface area contributed by atoms with E-state index in [2.05, 4.69) is 10.3 Å². The lowest BCUT2D eigenvalue weighted by atomic mass is 10.4. The number of nitrogens with zero attached hydrogens (tertiary/aromatic N) is 2. The van der Waals surface area contributed by atoms with Gasteiger partial charge in [0.05, 0.1) is 0 Å². The number of pyridine rings is 1. The normalized spacial score (nSPS) is 12.3. The van der Waals surface area contributed by atoms with Gasteiger partial charge in [-0.1, -0.05) is 0 Å². The van der Waals surface area contributed by atoms with Crippen molar-refractivity contribution in [3.63, 3.8) is 0 Å². The molecule has 0 aliphatic heterocycles. The lowest BCUT2D eigenvalue weighted by Gasteiger charge is -2.12. The van der Waals surface area contributed by atoms with Gasteiger partial charge in [-0.05, 0) is 12.1 Å². The van der Waals surface area contributed by atoms with E-state index in [0.29, 0.717) is 0 Å². The van der Waals surface area contributed by atoms with E-state index in [-0.39, 0.29) is 10.7 Å². The quantitative estimate of drug-likeness (QED) is 0.864. The van der Waals surface area contributed by atoms with Gasteiger partial charge in [0.1, 0.15) is 17.3 Å².